The molecule has 0 aromatic carbocycles. The minimum absolute atomic E-state index is 0.530. The maximum atomic E-state index is 5.10. The largest absolute Gasteiger partial charge is 0.365 e. The molecule has 5 nitrogen and oxygen atoms in total. The maximum absolute atomic E-state index is 5.10. The third kappa shape index (κ3) is 3.79. The first-order valence-electron chi connectivity index (χ1n) is 7.07. The number of hydrogen-bond acceptors (Lipinski definition) is 4. The van der Waals surface area contributed by atoms with Gasteiger partial charge >= 0.3 is 0 Å². The van der Waals surface area contributed by atoms with Crippen molar-refractivity contribution in [2.75, 3.05) is 30.4 Å². The molecule has 20 heavy (non-hydrogen) atoms. The lowest BCUT2D eigenvalue weighted by Crippen LogP contribution is -2.39. The van der Waals surface area contributed by atoms with Gasteiger partial charge in [-0.15, -0.1) is 0 Å². The Balaban J connectivity index is 2.20. The Morgan fingerprint density at radius 2 is 1.95 bits per heavy atom. The summed E-state index contributed by atoms with van der Waals surface area (Å²) in [7, 11) is 1.78. The molecule has 2 heterocycles. The molecule has 1 aromatic rings. The summed E-state index contributed by atoms with van der Waals surface area (Å²) < 4.78 is 0. The number of piperidine rings is 1. The van der Waals surface area contributed by atoms with E-state index in [4.69, 9.17) is 12.2 Å². The molecule has 0 radical (unpaired) electrons. The molecule has 2 N–H and O–H groups in total. The summed E-state index contributed by atoms with van der Waals surface area (Å²) >= 11 is 5.10. The molecule has 1 fully saturated rings. The predicted octanol–water partition coefficient (Wildman–Crippen LogP) is 2.18. The molecule has 0 unspecified atom stereocenters. The number of rotatable bonds is 2. The maximum Gasteiger partial charge on any atom is 0.231 e. The minimum Gasteiger partial charge on any atom is -0.365 e. The van der Waals surface area contributed by atoms with Crippen LogP contribution < -0.4 is 15.5 Å². The lowest BCUT2D eigenvalue weighted by Gasteiger charge is -2.36. The number of anilines is 2. The van der Waals surface area contributed by atoms with Gasteiger partial charge in [0.25, 0.3) is 0 Å². The molecule has 0 spiro atoms. The topological polar surface area (TPSA) is 53.1 Å². The van der Waals surface area contributed by atoms with E-state index in [9.17, 15) is 0 Å². The van der Waals surface area contributed by atoms with Gasteiger partial charge in [0.2, 0.25) is 5.95 Å². The summed E-state index contributed by atoms with van der Waals surface area (Å²) in [6.45, 7) is 8.68. The van der Waals surface area contributed by atoms with Crippen LogP contribution in [0.1, 0.15) is 26.0 Å². The lowest BCUT2D eigenvalue weighted by molar-refractivity contribution is 0.355. The van der Waals surface area contributed by atoms with Gasteiger partial charge < -0.3 is 15.5 Å². The van der Waals surface area contributed by atoms with E-state index in [1.54, 1.807) is 7.05 Å². The second-order valence-corrected chi connectivity index (χ2v) is 6.15. The number of aromatic nitrogens is 2. The zero-order valence-corrected chi connectivity index (χ0v) is 13.4. The zero-order valence-electron chi connectivity index (χ0n) is 12.6. The number of hydrogen-bond donors (Lipinski definition) is 2. The van der Waals surface area contributed by atoms with Gasteiger partial charge in [-0.2, -0.15) is 4.98 Å². The number of thiocarbonyl (C=S) groups is 1. The van der Waals surface area contributed by atoms with Crippen LogP contribution in [0.2, 0.25) is 0 Å². The SMILES string of the molecule is CNC(=S)Nc1nc(C)cc(N2C[C@H](C)C[C@@H](C)C2)n1. The van der Waals surface area contributed by atoms with E-state index in [0.29, 0.717) is 22.9 Å². The van der Waals surface area contributed by atoms with E-state index in [-0.39, 0.29) is 0 Å². The van der Waals surface area contributed by atoms with Crippen molar-refractivity contribution in [3.63, 3.8) is 0 Å². The average molecular weight is 293 g/mol. The molecule has 1 aromatic heterocycles. The molecule has 1 aliphatic heterocycles. The van der Waals surface area contributed by atoms with Gasteiger partial charge in [-0.25, -0.2) is 4.98 Å². The zero-order chi connectivity index (χ0) is 14.7. The summed E-state index contributed by atoms with van der Waals surface area (Å²) in [5.74, 6) is 2.94. The molecule has 6 heteroatoms. The van der Waals surface area contributed by atoms with Gasteiger partial charge in [0.15, 0.2) is 5.11 Å². The van der Waals surface area contributed by atoms with Crippen LogP contribution in [0.15, 0.2) is 6.07 Å². The summed E-state index contributed by atoms with van der Waals surface area (Å²) in [6.07, 6.45) is 1.29. The van der Waals surface area contributed by atoms with Gasteiger partial charge in [-0.3, -0.25) is 0 Å². The molecular weight excluding hydrogens is 270 g/mol. The first-order chi connectivity index (χ1) is 9.47. The molecule has 1 saturated heterocycles. The quantitative estimate of drug-likeness (QED) is 0.815. The fraction of sp³-hybridized carbons (Fsp3) is 0.643. The van der Waals surface area contributed by atoms with Crippen LogP contribution >= 0.6 is 12.2 Å². The Hall–Kier alpha value is -1.43. The van der Waals surface area contributed by atoms with Crippen molar-refractivity contribution < 1.29 is 0 Å². The van der Waals surface area contributed by atoms with Gasteiger partial charge in [-0.1, -0.05) is 13.8 Å². The van der Waals surface area contributed by atoms with Crippen LogP contribution in [-0.4, -0.2) is 35.2 Å². The van der Waals surface area contributed by atoms with Crippen molar-refractivity contribution in [1.29, 1.82) is 0 Å². The summed E-state index contributed by atoms with van der Waals surface area (Å²) in [5.41, 5.74) is 0.947. The van der Waals surface area contributed by atoms with Crippen LogP contribution in [0.5, 0.6) is 0 Å². The van der Waals surface area contributed by atoms with Crippen LogP contribution in [0.3, 0.4) is 0 Å². The summed E-state index contributed by atoms with van der Waals surface area (Å²) in [5, 5.41) is 6.41. The number of aryl methyl sites for hydroxylation is 1. The first kappa shape index (κ1) is 15.0. The Kier molecular flexibility index (Phi) is 4.75. The summed E-state index contributed by atoms with van der Waals surface area (Å²) in [6, 6.07) is 2.04. The predicted molar refractivity (Wildman–Crippen MR) is 87.2 cm³/mol. The Labute approximate surface area is 126 Å². The van der Waals surface area contributed by atoms with E-state index in [2.05, 4.69) is 39.3 Å². The van der Waals surface area contributed by atoms with E-state index in [1.807, 2.05) is 13.0 Å². The molecule has 0 aliphatic carbocycles. The van der Waals surface area contributed by atoms with Crippen molar-refractivity contribution in [3.8, 4) is 0 Å². The van der Waals surface area contributed by atoms with E-state index >= 15 is 0 Å². The van der Waals surface area contributed by atoms with Crippen LogP contribution in [0.4, 0.5) is 11.8 Å². The fourth-order valence-electron chi connectivity index (χ4n) is 2.78. The Morgan fingerprint density at radius 1 is 1.30 bits per heavy atom. The molecule has 0 amide bonds. The molecule has 2 atom stereocenters. The molecule has 0 saturated carbocycles. The van der Waals surface area contributed by atoms with E-state index < -0.39 is 0 Å². The fourth-order valence-corrected chi connectivity index (χ4v) is 2.88. The average Bonchev–Trinajstić information content (AvgIpc) is 2.36. The highest BCUT2D eigenvalue weighted by Crippen LogP contribution is 2.25. The Morgan fingerprint density at radius 3 is 2.55 bits per heavy atom. The normalized spacial score (nSPS) is 22.5. The molecular formula is C14H23N5S. The second kappa shape index (κ2) is 6.35. The molecule has 110 valence electrons. The highest BCUT2D eigenvalue weighted by atomic mass is 32.1. The van der Waals surface area contributed by atoms with Gasteiger partial charge in [-0.05, 0) is 37.4 Å². The highest BCUT2D eigenvalue weighted by Gasteiger charge is 2.23. The van der Waals surface area contributed by atoms with Crippen molar-refractivity contribution in [2.45, 2.75) is 27.2 Å². The summed E-state index contributed by atoms with van der Waals surface area (Å²) in [4.78, 5) is 11.3. The van der Waals surface area contributed by atoms with Crippen LogP contribution in [0.25, 0.3) is 0 Å². The number of nitrogens with one attached hydrogen (secondary N) is 2. The molecule has 0 bridgehead atoms. The molecule has 1 aliphatic rings. The van der Waals surface area contributed by atoms with Crippen molar-refractivity contribution in [3.05, 3.63) is 11.8 Å². The second-order valence-electron chi connectivity index (χ2n) is 5.75. The number of nitrogens with zero attached hydrogens (tertiary/aromatic N) is 3. The standard InChI is InChI=1S/C14H23N5S/c1-9-5-10(2)8-19(7-9)12-6-11(3)16-13(17-12)18-14(20)15-4/h6,9-10H,5,7-8H2,1-4H3,(H2,15,16,17,18,20)/t9-,10-/m1/s1. The van der Waals surface area contributed by atoms with E-state index in [0.717, 1.165) is 24.6 Å². The van der Waals surface area contributed by atoms with Crippen LogP contribution in [0, 0.1) is 18.8 Å². The third-order valence-electron chi connectivity index (χ3n) is 3.49. The first-order valence-corrected chi connectivity index (χ1v) is 7.48. The minimum atomic E-state index is 0.530. The van der Waals surface area contributed by atoms with Crippen molar-refractivity contribution in [1.82, 2.24) is 15.3 Å². The van der Waals surface area contributed by atoms with Crippen LogP contribution in [-0.2, 0) is 0 Å². The molecule has 2 rings (SSSR count). The highest BCUT2D eigenvalue weighted by molar-refractivity contribution is 7.80. The van der Waals surface area contributed by atoms with Crippen molar-refractivity contribution in [2.24, 2.45) is 11.8 Å². The monoisotopic (exact) mass is 293 g/mol. The van der Waals surface area contributed by atoms with E-state index in [1.165, 1.54) is 6.42 Å². The van der Waals surface area contributed by atoms with Gasteiger partial charge in [0.05, 0.1) is 0 Å². The van der Waals surface area contributed by atoms with Crippen molar-refractivity contribution >= 4 is 29.1 Å². The lowest BCUT2D eigenvalue weighted by atomic mass is 9.92. The van der Waals surface area contributed by atoms with Gasteiger partial charge in [0, 0.05) is 31.9 Å². The third-order valence-corrected chi connectivity index (χ3v) is 3.79. The van der Waals surface area contributed by atoms with Gasteiger partial charge in [0.1, 0.15) is 5.82 Å². The smallest absolute Gasteiger partial charge is 0.231 e. The Bertz CT molecular complexity index is 480.